The second kappa shape index (κ2) is 12.1. The number of halogens is 1. The first-order valence-electron chi connectivity index (χ1n) is 11.4. The van der Waals surface area contributed by atoms with Crippen LogP contribution in [0.4, 0.5) is 10.1 Å². The first-order chi connectivity index (χ1) is 16.3. The Morgan fingerprint density at radius 1 is 1.03 bits per heavy atom. The van der Waals surface area contributed by atoms with Crippen LogP contribution in [0.15, 0.2) is 48.5 Å². The van der Waals surface area contributed by atoms with E-state index in [-0.39, 0.29) is 24.1 Å². The maximum atomic E-state index is 13.6. The van der Waals surface area contributed by atoms with Gasteiger partial charge in [-0.2, -0.15) is 12.7 Å². The molecule has 0 radical (unpaired) electrons. The van der Waals surface area contributed by atoms with E-state index in [0.29, 0.717) is 6.54 Å². The fourth-order valence-electron chi connectivity index (χ4n) is 3.37. The number of anilines is 1. The first-order valence-corrected chi connectivity index (χ1v) is 12.8. The average Bonchev–Trinajstić information content (AvgIpc) is 2.79. The van der Waals surface area contributed by atoms with Gasteiger partial charge in [-0.25, -0.2) is 8.70 Å². The van der Waals surface area contributed by atoms with E-state index in [9.17, 15) is 22.4 Å². The van der Waals surface area contributed by atoms with E-state index in [2.05, 4.69) is 5.32 Å². The Kier molecular flexibility index (Phi) is 9.79. The van der Waals surface area contributed by atoms with Crippen LogP contribution in [0.5, 0.6) is 0 Å². The second-order valence-corrected chi connectivity index (χ2v) is 11.2. The number of carbonyl (C=O) groups excluding carboxylic acids is 2. The molecule has 8 nitrogen and oxygen atoms in total. The molecule has 2 amide bonds. The molecule has 0 heterocycles. The van der Waals surface area contributed by atoms with E-state index in [1.165, 1.54) is 31.1 Å². The molecule has 0 aliphatic rings. The summed E-state index contributed by atoms with van der Waals surface area (Å²) in [7, 11) is -1.38. The highest BCUT2D eigenvalue weighted by Gasteiger charge is 2.32. The van der Waals surface area contributed by atoms with Crippen LogP contribution >= 0.6 is 0 Å². The lowest BCUT2D eigenvalue weighted by Gasteiger charge is -2.33. The fourth-order valence-corrected chi connectivity index (χ4v) is 4.42. The van der Waals surface area contributed by atoms with Gasteiger partial charge in [-0.15, -0.1) is 0 Å². The molecule has 0 bridgehead atoms. The third-order valence-electron chi connectivity index (χ3n) is 5.42. The Balaban J connectivity index is 2.42. The molecular formula is C25H35FN4O4S. The van der Waals surface area contributed by atoms with Gasteiger partial charge in [-0.3, -0.25) is 9.59 Å². The van der Waals surface area contributed by atoms with E-state index in [4.69, 9.17) is 0 Å². The van der Waals surface area contributed by atoms with Crippen LogP contribution in [0, 0.1) is 18.7 Å². The van der Waals surface area contributed by atoms with Crippen molar-refractivity contribution in [3.63, 3.8) is 0 Å². The number of hydrogen-bond acceptors (Lipinski definition) is 4. The maximum absolute atomic E-state index is 13.6. The molecule has 2 aromatic carbocycles. The van der Waals surface area contributed by atoms with Crippen molar-refractivity contribution in [3.8, 4) is 0 Å². The standard InChI is InChI=1S/C25H35FN4O4S/c1-18(2)15-27-25(32)20(4)29(16-21-9-7-8-19(3)14-21)24(31)17-30(35(33,34)28(5)6)23-12-10-22(26)11-13-23/h7-14,18,20H,15-17H2,1-6H3,(H,27,32). The second-order valence-electron chi connectivity index (χ2n) is 9.10. The summed E-state index contributed by atoms with van der Waals surface area (Å²) in [4.78, 5) is 27.8. The fraction of sp³-hybridized carbons (Fsp3) is 0.440. The average molecular weight is 507 g/mol. The van der Waals surface area contributed by atoms with Crippen LogP contribution in [0.25, 0.3) is 0 Å². The van der Waals surface area contributed by atoms with Crippen molar-refractivity contribution in [2.45, 2.75) is 40.3 Å². The van der Waals surface area contributed by atoms with Crippen LogP contribution in [0.1, 0.15) is 31.9 Å². The molecule has 0 aliphatic carbocycles. The van der Waals surface area contributed by atoms with Crippen molar-refractivity contribution >= 4 is 27.7 Å². The number of nitrogens with zero attached hydrogens (tertiary/aromatic N) is 3. The molecule has 0 fully saturated rings. The van der Waals surface area contributed by atoms with Crippen molar-refractivity contribution in [2.24, 2.45) is 5.92 Å². The van der Waals surface area contributed by atoms with Gasteiger partial charge >= 0.3 is 10.2 Å². The topological polar surface area (TPSA) is 90.0 Å². The number of rotatable bonds is 11. The van der Waals surface area contributed by atoms with Gasteiger partial charge in [-0.05, 0) is 49.6 Å². The Morgan fingerprint density at radius 2 is 1.66 bits per heavy atom. The van der Waals surface area contributed by atoms with Gasteiger partial charge in [-0.1, -0.05) is 43.7 Å². The van der Waals surface area contributed by atoms with Gasteiger partial charge in [0.2, 0.25) is 11.8 Å². The molecule has 0 saturated carbocycles. The molecule has 10 heteroatoms. The first kappa shape index (κ1) is 28.3. The van der Waals surface area contributed by atoms with Crippen molar-refractivity contribution in [1.82, 2.24) is 14.5 Å². The Bertz CT molecular complexity index is 1120. The van der Waals surface area contributed by atoms with Crippen LogP contribution in [0.2, 0.25) is 0 Å². The smallest absolute Gasteiger partial charge is 0.304 e. The van der Waals surface area contributed by atoms with Crippen LogP contribution in [0.3, 0.4) is 0 Å². The lowest BCUT2D eigenvalue weighted by Crippen LogP contribution is -2.52. The molecule has 1 atom stereocenters. The predicted molar refractivity (Wildman–Crippen MR) is 135 cm³/mol. The van der Waals surface area contributed by atoms with Gasteiger partial charge in [0.1, 0.15) is 18.4 Å². The minimum Gasteiger partial charge on any atom is -0.354 e. The highest BCUT2D eigenvalue weighted by atomic mass is 32.2. The van der Waals surface area contributed by atoms with Crippen molar-refractivity contribution < 1.29 is 22.4 Å². The molecule has 35 heavy (non-hydrogen) atoms. The molecule has 0 aliphatic heterocycles. The molecule has 2 aromatic rings. The van der Waals surface area contributed by atoms with E-state index in [1.54, 1.807) is 6.92 Å². The van der Waals surface area contributed by atoms with E-state index < -0.39 is 34.5 Å². The van der Waals surface area contributed by atoms with Gasteiger partial charge in [0.05, 0.1) is 5.69 Å². The van der Waals surface area contributed by atoms with Gasteiger partial charge in [0.25, 0.3) is 0 Å². The van der Waals surface area contributed by atoms with Gasteiger partial charge in [0, 0.05) is 27.2 Å². The van der Waals surface area contributed by atoms with Crippen molar-refractivity contribution in [2.75, 3.05) is 31.5 Å². The molecular weight excluding hydrogens is 471 g/mol. The summed E-state index contributed by atoms with van der Waals surface area (Å²) in [6.45, 7) is 7.49. The van der Waals surface area contributed by atoms with Crippen LogP contribution in [-0.2, 0) is 26.3 Å². The Labute approximate surface area is 207 Å². The molecule has 0 aromatic heterocycles. The number of amides is 2. The molecule has 2 rings (SSSR count). The number of carbonyl (C=O) groups is 2. The van der Waals surface area contributed by atoms with Crippen molar-refractivity contribution in [1.29, 1.82) is 0 Å². The molecule has 0 spiro atoms. The van der Waals surface area contributed by atoms with Crippen molar-refractivity contribution in [3.05, 3.63) is 65.5 Å². The summed E-state index contributed by atoms with van der Waals surface area (Å²) in [6.07, 6.45) is 0. The lowest BCUT2D eigenvalue weighted by atomic mass is 10.1. The number of hydrogen-bond donors (Lipinski definition) is 1. The Morgan fingerprint density at radius 3 is 2.20 bits per heavy atom. The summed E-state index contributed by atoms with van der Waals surface area (Å²) in [5.74, 6) is -1.19. The van der Waals surface area contributed by atoms with E-state index in [0.717, 1.165) is 31.9 Å². The van der Waals surface area contributed by atoms with Crippen LogP contribution in [-0.4, -0.2) is 62.7 Å². The normalized spacial score (nSPS) is 12.5. The quantitative estimate of drug-likeness (QED) is 0.508. The summed E-state index contributed by atoms with van der Waals surface area (Å²) in [5, 5.41) is 2.84. The third kappa shape index (κ3) is 7.76. The third-order valence-corrected chi connectivity index (χ3v) is 7.24. The molecule has 1 unspecified atom stereocenters. The van der Waals surface area contributed by atoms with Gasteiger partial charge in [0.15, 0.2) is 0 Å². The molecule has 1 N–H and O–H groups in total. The number of benzene rings is 2. The zero-order valence-corrected chi connectivity index (χ0v) is 22.0. The predicted octanol–water partition coefficient (Wildman–Crippen LogP) is 2.94. The van der Waals surface area contributed by atoms with E-state index in [1.807, 2.05) is 45.0 Å². The number of aryl methyl sites for hydroxylation is 1. The largest absolute Gasteiger partial charge is 0.354 e. The summed E-state index contributed by atoms with van der Waals surface area (Å²) < 4.78 is 41.5. The summed E-state index contributed by atoms with van der Waals surface area (Å²) >= 11 is 0. The maximum Gasteiger partial charge on any atom is 0.304 e. The summed E-state index contributed by atoms with van der Waals surface area (Å²) in [6, 6.07) is 11.6. The zero-order valence-electron chi connectivity index (χ0n) is 21.2. The minimum atomic E-state index is -4.08. The zero-order chi connectivity index (χ0) is 26.3. The summed E-state index contributed by atoms with van der Waals surface area (Å²) in [5.41, 5.74) is 1.95. The lowest BCUT2D eigenvalue weighted by molar-refractivity contribution is -0.139. The molecule has 192 valence electrons. The van der Waals surface area contributed by atoms with E-state index >= 15 is 0 Å². The monoisotopic (exact) mass is 506 g/mol. The minimum absolute atomic E-state index is 0.121. The van der Waals surface area contributed by atoms with Gasteiger partial charge < -0.3 is 10.2 Å². The Hall–Kier alpha value is -2.98. The SMILES string of the molecule is Cc1cccc(CN(C(=O)CN(c2ccc(F)cc2)S(=O)(=O)N(C)C)C(C)C(=O)NCC(C)C)c1. The molecule has 0 saturated heterocycles. The van der Waals surface area contributed by atoms with Crippen LogP contribution < -0.4 is 9.62 Å². The highest BCUT2D eigenvalue weighted by molar-refractivity contribution is 7.90. The number of nitrogens with one attached hydrogen (secondary N) is 1. The highest BCUT2D eigenvalue weighted by Crippen LogP contribution is 2.21.